The molecule has 0 bridgehead atoms. The Kier molecular flexibility index (Phi) is 5.08. The van der Waals surface area contributed by atoms with Crippen LogP contribution in [0.25, 0.3) is 49.3 Å². The summed E-state index contributed by atoms with van der Waals surface area (Å²) in [6.07, 6.45) is 5.64. The average molecular weight is 583 g/mol. The second kappa shape index (κ2) is 8.69. The van der Waals surface area contributed by atoms with Crippen molar-refractivity contribution in [2.24, 2.45) is 0 Å². The van der Waals surface area contributed by atoms with Crippen LogP contribution in [0.1, 0.15) is 0 Å². The first-order valence-corrected chi connectivity index (χ1v) is 16.8. The fourth-order valence-corrected chi connectivity index (χ4v) is 11.1. The van der Waals surface area contributed by atoms with Crippen molar-refractivity contribution in [3.8, 4) is 0 Å². The average Bonchev–Trinajstić information content (AvgIpc) is 3.41. The summed E-state index contributed by atoms with van der Waals surface area (Å²) in [6, 6.07) is 38.8. The van der Waals surface area contributed by atoms with E-state index in [-0.39, 0.29) is 0 Å². The molecule has 4 aromatic carbocycles. The summed E-state index contributed by atoms with van der Waals surface area (Å²) in [6.45, 7) is 0. The summed E-state index contributed by atoms with van der Waals surface area (Å²) < 4.78 is 2.33. The molecule has 0 aliphatic rings. The van der Waals surface area contributed by atoms with Gasteiger partial charge in [0.25, 0.3) is 0 Å². The first kappa shape index (κ1) is 22.8. The van der Waals surface area contributed by atoms with Crippen molar-refractivity contribution in [1.82, 2.24) is 19.4 Å². The van der Waals surface area contributed by atoms with E-state index in [2.05, 4.69) is 128 Å². The molecular weight excluding hydrogens is 562 g/mol. The molecule has 8 rings (SSSR count). The monoisotopic (exact) mass is 584 g/mol. The van der Waals surface area contributed by atoms with E-state index in [1.54, 1.807) is 0 Å². The SMILES string of the molecule is [Se]=P(c1ccncc1)(c1ccc2cccnc2c1)c1cccc2c3ccccc3n3c4ccccc4nc3c12. The van der Waals surface area contributed by atoms with Gasteiger partial charge in [0.05, 0.1) is 0 Å². The van der Waals surface area contributed by atoms with Gasteiger partial charge in [-0.2, -0.15) is 0 Å². The van der Waals surface area contributed by atoms with Crippen LogP contribution in [0.15, 0.2) is 128 Å². The van der Waals surface area contributed by atoms with Crippen molar-refractivity contribution in [2.75, 3.05) is 0 Å². The summed E-state index contributed by atoms with van der Waals surface area (Å²) in [4.78, 5) is 14.3. The molecule has 0 amide bonds. The van der Waals surface area contributed by atoms with Gasteiger partial charge in [-0.1, -0.05) is 0 Å². The first-order chi connectivity index (χ1) is 19.2. The number of benzene rings is 4. The predicted octanol–water partition coefficient (Wildman–Crippen LogP) is 6.11. The molecule has 0 radical (unpaired) electrons. The van der Waals surface area contributed by atoms with Crippen molar-refractivity contribution in [2.45, 2.75) is 0 Å². The van der Waals surface area contributed by atoms with Gasteiger partial charge in [0.2, 0.25) is 0 Å². The van der Waals surface area contributed by atoms with Crippen LogP contribution in [0.3, 0.4) is 0 Å². The number of para-hydroxylation sites is 3. The van der Waals surface area contributed by atoms with Crippen LogP contribution in [0, 0.1) is 0 Å². The summed E-state index contributed by atoms with van der Waals surface area (Å²) in [5, 5.41) is 8.45. The zero-order valence-electron chi connectivity index (χ0n) is 20.8. The Hall–Kier alpha value is -4.14. The van der Waals surface area contributed by atoms with Gasteiger partial charge < -0.3 is 0 Å². The molecule has 4 heterocycles. The number of hydrogen-bond acceptors (Lipinski definition) is 3. The molecule has 39 heavy (non-hydrogen) atoms. The van der Waals surface area contributed by atoms with Crippen molar-refractivity contribution in [3.63, 3.8) is 0 Å². The molecule has 1 atom stereocenters. The van der Waals surface area contributed by atoms with Gasteiger partial charge in [-0.25, -0.2) is 0 Å². The van der Waals surface area contributed by atoms with Gasteiger partial charge in [0.15, 0.2) is 0 Å². The van der Waals surface area contributed by atoms with Crippen LogP contribution in [0.5, 0.6) is 0 Å². The number of hydrogen-bond donors (Lipinski definition) is 0. The molecule has 0 N–H and O–H groups in total. The second-order valence-electron chi connectivity index (χ2n) is 9.67. The fourth-order valence-electron chi connectivity index (χ4n) is 5.83. The third-order valence-electron chi connectivity index (χ3n) is 7.58. The van der Waals surface area contributed by atoms with E-state index in [0.29, 0.717) is 0 Å². The van der Waals surface area contributed by atoms with Crippen LogP contribution < -0.4 is 15.9 Å². The van der Waals surface area contributed by atoms with Crippen LogP contribution >= 0.6 is 5.51 Å². The number of aromatic nitrogens is 4. The number of rotatable bonds is 3. The Bertz CT molecular complexity index is 2270. The van der Waals surface area contributed by atoms with Gasteiger partial charge in [-0.3, -0.25) is 0 Å². The fraction of sp³-hybridized carbons (Fsp3) is 0. The number of nitrogens with zero attached hydrogens (tertiary/aromatic N) is 4. The number of imidazole rings is 1. The van der Waals surface area contributed by atoms with Crippen LogP contribution in [-0.4, -0.2) is 34.5 Å². The number of fused-ring (bicyclic) bond motifs is 9. The van der Waals surface area contributed by atoms with Crippen LogP contribution in [0.4, 0.5) is 0 Å². The van der Waals surface area contributed by atoms with E-state index in [1.807, 2.05) is 24.7 Å². The van der Waals surface area contributed by atoms with Crippen LogP contribution in [-0.2, 0) is 0 Å². The molecule has 184 valence electrons. The Balaban J connectivity index is 1.59. The molecule has 8 aromatic rings. The minimum atomic E-state index is -2.26. The normalized spacial score (nSPS) is 13.4. The molecule has 0 fully saturated rings. The maximum absolute atomic E-state index is 5.25. The Labute approximate surface area is 232 Å². The Morgan fingerprint density at radius 2 is 1.41 bits per heavy atom. The zero-order chi connectivity index (χ0) is 26.0. The number of pyridine rings is 3. The van der Waals surface area contributed by atoms with E-state index in [0.717, 1.165) is 33.1 Å². The Morgan fingerprint density at radius 3 is 2.31 bits per heavy atom. The molecule has 0 saturated heterocycles. The molecule has 0 aliphatic heterocycles. The van der Waals surface area contributed by atoms with Crippen molar-refractivity contribution < 1.29 is 0 Å². The van der Waals surface area contributed by atoms with Gasteiger partial charge in [0, 0.05) is 0 Å². The summed E-state index contributed by atoms with van der Waals surface area (Å²) in [5.41, 5.74) is 2.98. The topological polar surface area (TPSA) is 43.1 Å². The second-order valence-corrected chi connectivity index (χ2v) is 15.9. The van der Waals surface area contributed by atoms with E-state index in [4.69, 9.17) is 9.97 Å². The summed E-state index contributed by atoms with van der Waals surface area (Å²) in [7, 11) is 0. The van der Waals surface area contributed by atoms with Gasteiger partial charge in [-0.15, -0.1) is 0 Å². The molecule has 6 heteroatoms. The standard InChI is InChI=1S/C33H21N4PSe/c39-38(23-16-19-34-20-17-23,24-15-14-22-7-6-18-35-28(22)21-24)31-13-5-9-26-25-8-1-3-11-29(25)37-30-12-4-2-10-27(30)36-33(37)32(26)31/h1-21H. The molecule has 0 spiro atoms. The molecule has 4 aromatic heterocycles. The van der Waals surface area contributed by atoms with E-state index in [9.17, 15) is 0 Å². The zero-order valence-corrected chi connectivity index (χ0v) is 23.4. The third kappa shape index (κ3) is 3.31. The van der Waals surface area contributed by atoms with Gasteiger partial charge >= 0.3 is 233 Å². The Morgan fingerprint density at radius 1 is 0.615 bits per heavy atom. The summed E-state index contributed by atoms with van der Waals surface area (Å²) >= 11 is 3.76. The first-order valence-electron chi connectivity index (χ1n) is 12.8. The van der Waals surface area contributed by atoms with Crippen molar-refractivity contribution >= 4 is 85.8 Å². The van der Waals surface area contributed by atoms with Crippen LogP contribution in [0.2, 0.25) is 0 Å². The minimum absolute atomic E-state index is 0.980. The molecule has 4 nitrogen and oxygen atoms in total. The maximum atomic E-state index is 5.25. The third-order valence-corrected chi connectivity index (χ3v) is 14.6. The van der Waals surface area contributed by atoms with Crippen molar-refractivity contribution in [3.05, 3.63) is 128 Å². The molecular formula is C33H21N4PSe. The van der Waals surface area contributed by atoms with E-state index >= 15 is 0 Å². The van der Waals surface area contributed by atoms with E-state index in [1.165, 1.54) is 32.1 Å². The summed E-state index contributed by atoms with van der Waals surface area (Å²) in [5.74, 6) is 0. The quantitative estimate of drug-likeness (QED) is 0.143. The molecule has 0 aliphatic carbocycles. The molecule has 0 saturated carbocycles. The predicted molar refractivity (Wildman–Crippen MR) is 165 cm³/mol. The van der Waals surface area contributed by atoms with Crippen molar-refractivity contribution in [1.29, 1.82) is 0 Å². The van der Waals surface area contributed by atoms with Gasteiger partial charge in [0.1, 0.15) is 0 Å². The van der Waals surface area contributed by atoms with E-state index < -0.39 is 5.51 Å². The molecule has 1 unspecified atom stereocenters. The van der Waals surface area contributed by atoms with Gasteiger partial charge in [-0.05, 0) is 0 Å².